The van der Waals surface area contributed by atoms with Crippen LogP contribution in [0.2, 0.25) is 0 Å². The van der Waals surface area contributed by atoms with Crippen LogP contribution in [0.4, 0.5) is 0 Å². The van der Waals surface area contributed by atoms with Gasteiger partial charge in [0.05, 0.1) is 6.54 Å². The van der Waals surface area contributed by atoms with Crippen LogP contribution in [0.3, 0.4) is 0 Å². The summed E-state index contributed by atoms with van der Waals surface area (Å²) in [6.07, 6.45) is 1.05. The number of aromatic nitrogens is 2. The van der Waals surface area contributed by atoms with Crippen LogP contribution in [-0.2, 0) is 12.0 Å². The zero-order valence-electron chi connectivity index (χ0n) is 14.0. The molecule has 1 amide bonds. The SMILES string of the molecule is CCCSc1nnc(CNC(=O)c2ccc(C(C)(C)C)cc2)o1. The van der Waals surface area contributed by atoms with E-state index < -0.39 is 0 Å². The van der Waals surface area contributed by atoms with Crippen molar-refractivity contribution in [2.45, 2.75) is 51.3 Å². The minimum Gasteiger partial charge on any atom is -0.414 e. The maximum Gasteiger partial charge on any atom is 0.276 e. The number of amides is 1. The Labute approximate surface area is 141 Å². The summed E-state index contributed by atoms with van der Waals surface area (Å²) in [6.45, 7) is 8.76. The van der Waals surface area contributed by atoms with E-state index >= 15 is 0 Å². The molecule has 1 aromatic carbocycles. The van der Waals surface area contributed by atoms with E-state index in [0.29, 0.717) is 16.7 Å². The molecule has 0 spiro atoms. The Kier molecular flexibility index (Phi) is 5.82. The van der Waals surface area contributed by atoms with Crippen molar-refractivity contribution in [1.29, 1.82) is 0 Å². The van der Waals surface area contributed by atoms with E-state index in [4.69, 9.17) is 4.42 Å². The highest BCUT2D eigenvalue weighted by atomic mass is 32.2. The highest BCUT2D eigenvalue weighted by Crippen LogP contribution is 2.22. The first kappa shape index (κ1) is 17.5. The number of hydrogen-bond donors (Lipinski definition) is 1. The molecule has 0 aliphatic carbocycles. The molecule has 2 aromatic rings. The Hall–Kier alpha value is -1.82. The minimum absolute atomic E-state index is 0.0747. The molecule has 0 aliphatic rings. The van der Waals surface area contributed by atoms with Gasteiger partial charge in [0.25, 0.3) is 11.1 Å². The molecule has 6 heteroatoms. The van der Waals surface area contributed by atoms with Gasteiger partial charge in [0.1, 0.15) is 0 Å². The van der Waals surface area contributed by atoms with Crippen molar-refractivity contribution >= 4 is 17.7 Å². The Balaban J connectivity index is 1.90. The van der Waals surface area contributed by atoms with Crippen LogP contribution in [0.1, 0.15) is 55.9 Å². The molecule has 0 bridgehead atoms. The molecule has 0 fully saturated rings. The summed E-state index contributed by atoms with van der Waals surface area (Å²) in [7, 11) is 0. The molecular formula is C17H23N3O2S. The second-order valence-electron chi connectivity index (χ2n) is 6.32. The molecule has 0 saturated carbocycles. The zero-order chi connectivity index (χ0) is 16.9. The summed E-state index contributed by atoms with van der Waals surface area (Å²) in [5.41, 5.74) is 1.90. The van der Waals surface area contributed by atoms with Gasteiger partial charge in [-0.05, 0) is 29.5 Å². The van der Waals surface area contributed by atoms with Gasteiger partial charge in [-0.15, -0.1) is 10.2 Å². The molecule has 0 unspecified atom stereocenters. The summed E-state index contributed by atoms with van der Waals surface area (Å²) in [6, 6.07) is 7.65. The zero-order valence-corrected chi connectivity index (χ0v) is 14.9. The van der Waals surface area contributed by atoms with Gasteiger partial charge < -0.3 is 9.73 Å². The lowest BCUT2D eigenvalue weighted by Crippen LogP contribution is -2.23. The van der Waals surface area contributed by atoms with Gasteiger partial charge in [0.15, 0.2) is 0 Å². The van der Waals surface area contributed by atoms with Gasteiger partial charge in [0.2, 0.25) is 5.89 Å². The predicted octanol–water partition coefficient (Wildman–Crippen LogP) is 3.80. The van der Waals surface area contributed by atoms with Crippen molar-refractivity contribution in [3.05, 3.63) is 41.3 Å². The van der Waals surface area contributed by atoms with E-state index in [2.05, 4.69) is 43.2 Å². The molecule has 0 radical (unpaired) electrons. The van der Waals surface area contributed by atoms with Crippen LogP contribution in [0.25, 0.3) is 0 Å². The fourth-order valence-corrected chi connectivity index (χ4v) is 2.57. The smallest absolute Gasteiger partial charge is 0.276 e. The van der Waals surface area contributed by atoms with Gasteiger partial charge in [-0.25, -0.2) is 0 Å². The maximum absolute atomic E-state index is 12.2. The molecule has 23 heavy (non-hydrogen) atoms. The lowest BCUT2D eigenvalue weighted by Gasteiger charge is -2.18. The molecule has 0 aliphatic heterocycles. The van der Waals surface area contributed by atoms with E-state index in [1.807, 2.05) is 24.3 Å². The number of hydrogen-bond acceptors (Lipinski definition) is 5. The van der Waals surface area contributed by atoms with Gasteiger partial charge >= 0.3 is 0 Å². The fourth-order valence-electron chi connectivity index (χ4n) is 1.94. The predicted molar refractivity (Wildman–Crippen MR) is 91.6 cm³/mol. The molecule has 1 aromatic heterocycles. The van der Waals surface area contributed by atoms with Gasteiger partial charge in [0, 0.05) is 11.3 Å². The van der Waals surface area contributed by atoms with Crippen molar-refractivity contribution in [3.8, 4) is 0 Å². The normalized spacial score (nSPS) is 11.5. The van der Waals surface area contributed by atoms with Gasteiger partial charge in [-0.1, -0.05) is 51.6 Å². The lowest BCUT2D eigenvalue weighted by atomic mass is 9.87. The summed E-state index contributed by atoms with van der Waals surface area (Å²) < 4.78 is 5.46. The number of carbonyl (C=O) groups excluding carboxylic acids is 1. The number of thioether (sulfide) groups is 1. The van der Waals surface area contributed by atoms with Crippen molar-refractivity contribution in [1.82, 2.24) is 15.5 Å². The average Bonchev–Trinajstić information content (AvgIpc) is 2.98. The number of nitrogens with one attached hydrogen (secondary N) is 1. The van der Waals surface area contributed by atoms with Crippen molar-refractivity contribution in [2.24, 2.45) is 0 Å². The Morgan fingerprint density at radius 2 is 1.91 bits per heavy atom. The highest BCUT2D eigenvalue weighted by molar-refractivity contribution is 7.99. The van der Waals surface area contributed by atoms with Crippen LogP contribution in [0.5, 0.6) is 0 Å². The highest BCUT2D eigenvalue weighted by Gasteiger charge is 2.14. The number of carbonyl (C=O) groups is 1. The van der Waals surface area contributed by atoms with Crippen LogP contribution < -0.4 is 5.32 Å². The second kappa shape index (κ2) is 7.64. The largest absolute Gasteiger partial charge is 0.414 e. The number of rotatable bonds is 6. The fraction of sp³-hybridized carbons (Fsp3) is 0.471. The molecular weight excluding hydrogens is 310 g/mol. The summed E-state index contributed by atoms with van der Waals surface area (Å²) >= 11 is 1.52. The topological polar surface area (TPSA) is 68.0 Å². The van der Waals surface area contributed by atoms with Gasteiger partial charge in [-0.2, -0.15) is 0 Å². The third-order valence-corrected chi connectivity index (χ3v) is 4.32. The Morgan fingerprint density at radius 3 is 2.52 bits per heavy atom. The first-order valence-corrected chi connectivity index (χ1v) is 8.72. The average molecular weight is 333 g/mol. The molecule has 124 valence electrons. The van der Waals surface area contributed by atoms with Crippen LogP contribution in [0.15, 0.2) is 33.9 Å². The Morgan fingerprint density at radius 1 is 1.22 bits per heavy atom. The molecule has 2 rings (SSSR count). The quantitative estimate of drug-likeness (QED) is 0.814. The summed E-state index contributed by atoms with van der Waals surface area (Å²) in [4.78, 5) is 12.2. The van der Waals surface area contributed by atoms with Crippen molar-refractivity contribution in [2.75, 3.05) is 5.75 Å². The van der Waals surface area contributed by atoms with E-state index in [-0.39, 0.29) is 17.9 Å². The molecule has 0 saturated heterocycles. The first-order chi connectivity index (χ1) is 10.9. The van der Waals surface area contributed by atoms with Crippen LogP contribution >= 0.6 is 11.8 Å². The van der Waals surface area contributed by atoms with E-state index in [1.54, 1.807) is 0 Å². The monoisotopic (exact) mass is 333 g/mol. The standard InChI is InChI=1S/C17H23N3O2S/c1-5-10-23-16-20-19-14(22-16)11-18-15(21)12-6-8-13(9-7-12)17(2,3)4/h6-9H,5,10-11H2,1-4H3,(H,18,21). The third kappa shape index (κ3) is 5.10. The first-order valence-electron chi connectivity index (χ1n) is 7.74. The Bertz CT molecular complexity index is 645. The van der Waals surface area contributed by atoms with Crippen molar-refractivity contribution < 1.29 is 9.21 Å². The molecule has 5 nitrogen and oxygen atoms in total. The van der Waals surface area contributed by atoms with Crippen LogP contribution in [-0.4, -0.2) is 21.9 Å². The minimum atomic E-state index is -0.147. The third-order valence-electron chi connectivity index (χ3n) is 3.29. The maximum atomic E-state index is 12.2. The van der Waals surface area contributed by atoms with E-state index in [0.717, 1.165) is 12.2 Å². The van der Waals surface area contributed by atoms with E-state index in [1.165, 1.54) is 17.3 Å². The van der Waals surface area contributed by atoms with Crippen molar-refractivity contribution in [3.63, 3.8) is 0 Å². The van der Waals surface area contributed by atoms with Crippen LogP contribution in [0, 0.1) is 0 Å². The van der Waals surface area contributed by atoms with E-state index in [9.17, 15) is 4.79 Å². The summed E-state index contributed by atoms with van der Waals surface area (Å²) in [5.74, 6) is 1.21. The summed E-state index contributed by atoms with van der Waals surface area (Å²) in [5, 5.41) is 11.2. The van der Waals surface area contributed by atoms with Gasteiger partial charge in [-0.3, -0.25) is 4.79 Å². The molecule has 1 N–H and O–H groups in total. The number of benzene rings is 1. The number of nitrogens with zero attached hydrogens (tertiary/aromatic N) is 2. The second-order valence-corrected chi connectivity index (χ2v) is 7.37. The molecule has 1 heterocycles. The molecule has 0 atom stereocenters. The lowest BCUT2D eigenvalue weighted by molar-refractivity contribution is 0.0946.